The largest absolute Gasteiger partial charge is 0.333 e. The van der Waals surface area contributed by atoms with E-state index in [1.165, 1.54) is 5.19 Å². The van der Waals surface area contributed by atoms with Gasteiger partial charge in [-0.1, -0.05) is 48.6 Å². The van der Waals surface area contributed by atoms with Crippen molar-refractivity contribution >= 4 is 25.7 Å². The Balaban J connectivity index is 0.00000121. The fourth-order valence-corrected chi connectivity index (χ4v) is 2.34. The monoisotopic (exact) mass is 201 g/mol. The quantitative estimate of drug-likeness (QED) is 0.722. The third-order valence-corrected chi connectivity index (χ3v) is 4.98. The van der Waals surface area contributed by atoms with Crippen molar-refractivity contribution in [2.75, 3.05) is 6.17 Å². The Morgan fingerprint density at radius 3 is 2.08 bits per heavy atom. The number of benzene rings is 1. The molecular weight excluding hydrogens is 186 g/mol. The SMILES string of the molecule is C[Si](C)(CN)c1ccccc1.Cl. The summed E-state index contributed by atoms with van der Waals surface area (Å²) in [6.07, 6.45) is 0.830. The van der Waals surface area contributed by atoms with E-state index in [0.29, 0.717) is 0 Å². The highest BCUT2D eigenvalue weighted by Crippen LogP contribution is 1.99. The van der Waals surface area contributed by atoms with Crippen molar-refractivity contribution in [3.05, 3.63) is 30.3 Å². The maximum absolute atomic E-state index is 5.70. The average molecular weight is 202 g/mol. The minimum Gasteiger partial charge on any atom is -0.333 e. The first kappa shape index (κ1) is 11.7. The zero-order valence-corrected chi connectivity index (χ0v) is 9.40. The van der Waals surface area contributed by atoms with E-state index in [4.69, 9.17) is 5.73 Å². The number of hydrogen-bond acceptors (Lipinski definition) is 1. The lowest BCUT2D eigenvalue weighted by atomic mass is 10.4. The normalized spacial score (nSPS) is 10.6. The van der Waals surface area contributed by atoms with Crippen molar-refractivity contribution in [1.29, 1.82) is 0 Å². The Bertz CT molecular complexity index is 223. The molecule has 0 spiro atoms. The highest BCUT2D eigenvalue weighted by molar-refractivity contribution is 6.89. The van der Waals surface area contributed by atoms with Crippen LogP contribution >= 0.6 is 12.4 Å². The number of halogens is 1. The Kier molecular flexibility index (Phi) is 4.53. The first-order chi connectivity index (χ1) is 5.17. The number of rotatable bonds is 2. The predicted octanol–water partition coefficient (Wildman–Crippen LogP) is 1.52. The van der Waals surface area contributed by atoms with Gasteiger partial charge in [-0.15, -0.1) is 12.4 Å². The summed E-state index contributed by atoms with van der Waals surface area (Å²) in [5.74, 6) is 0. The highest BCUT2D eigenvalue weighted by Gasteiger charge is 2.19. The molecule has 0 amide bonds. The van der Waals surface area contributed by atoms with Gasteiger partial charge in [0.2, 0.25) is 0 Å². The molecule has 12 heavy (non-hydrogen) atoms. The minimum absolute atomic E-state index is 0. The fourth-order valence-electron chi connectivity index (χ4n) is 1.01. The maximum atomic E-state index is 5.70. The van der Waals surface area contributed by atoms with Crippen LogP contribution in [-0.2, 0) is 0 Å². The molecule has 0 atom stereocenters. The van der Waals surface area contributed by atoms with Crippen LogP contribution in [0.2, 0.25) is 13.1 Å². The van der Waals surface area contributed by atoms with Crippen molar-refractivity contribution in [3.8, 4) is 0 Å². The van der Waals surface area contributed by atoms with Crippen molar-refractivity contribution in [3.63, 3.8) is 0 Å². The molecule has 0 bridgehead atoms. The molecule has 68 valence electrons. The molecule has 0 saturated heterocycles. The lowest BCUT2D eigenvalue weighted by Gasteiger charge is -2.19. The topological polar surface area (TPSA) is 26.0 Å². The van der Waals surface area contributed by atoms with Gasteiger partial charge in [-0.05, 0) is 6.17 Å². The van der Waals surface area contributed by atoms with Gasteiger partial charge in [0.1, 0.15) is 0 Å². The van der Waals surface area contributed by atoms with Gasteiger partial charge in [0.05, 0.1) is 8.07 Å². The van der Waals surface area contributed by atoms with Crippen LogP contribution in [0.15, 0.2) is 30.3 Å². The molecule has 0 aliphatic carbocycles. The third-order valence-electron chi connectivity index (χ3n) is 2.07. The van der Waals surface area contributed by atoms with Gasteiger partial charge >= 0.3 is 0 Å². The second-order valence-corrected chi connectivity index (χ2v) is 8.21. The van der Waals surface area contributed by atoms with E-state index in [2.05, 4.69) is 37.4 Å². The van der Waals surface area contributed by atoms with Crippen molar-refractivity contribution < 1.29 is 0 Å². The van der Waals surface area contributed by atoms with Crippen molar-refractivity contribution in [2.24, 2.45) is 5.73 Å². The summed E-state index contributed by atoms with van der Waals surface area (Å²) >= 11 is 0. The zero-order valence-electron chi connectivity index (χ0n) is 7.58. The summed E-state index contributed by atoms with van der Waals surface area (Å²) in [6.45, 7) is 4.59. The summed E-state index contributed by atoms with van der Waals surface area (Å²) in [5, 5.41) is 1.45. The average Bonchev–Trinajstić information content (AvgIpc) is 2.06. The highest BCUT2D eigenvalue weighted by atomic mass is 35.5. The lowest BCUT2D eigenvalue weighted by Crippen LogP contribution is -2.48. The second-order valence-electron chi connectivity index (χ2n) is 3.45. The second kappa shape index (κ2) is 4.65. The Morgan fingerprint density at radius 2 is 1.67 bits per heavy atom. The maximum Gasteiger partial charge on any atom is 0.0942 e. The smallest absolute Gasteiger partial charge is 0.0942 e. The molecule has 1 rings (SSSR count). The summed E-state index contributed by atoms with van der Waals surface area (Å²) in [5.41, 5.74) is 5.70. The molecule has 0 aromatic heterocycles. The molecule has 0 fully saturated rings. The Labute approximate surface area is 81.4 Å². The van der Waals surface area contributed by atoms with Gasteiger partial charge in [0.25, 0.3) is 0 Å². The van der Waals surface area contributed by atoms with Crippen LogP contribution in [0.1, 0.15) is 0 Å². The van der Waals surface area contributed by atoms with Crippen LogP contribution in [0.4, 0.5) is 0 Å². The lowest BCUT2D eigenvalue weighted by molar-refractivity contribution is 1.31. The fraction of sp³-hybridized carbons (Fsp3) is 0.333. The molecule has 1 aromatic rings. The first-order valence-corrected chi connectivity index (χ1v) is 7.13. The summed E-state index contributed by atoms with van der Waals surface area (Å²) in [6, 6.07) is 10.6. The summed E-state index contributed by atoms with van der Waals surface area (Å²) < 4.78 is 0. The molecule has 0 saturated carbocycles. The Morgan fingerprint density at radius 1 is 1.17 bits per heavy atom. The van der Waals surface area contributed by atoms with Gasteiger partial charge in [-0.2, -0.15) is 0 Å². The van der Waals surface area contributed by atoms with Gasteiger partial charge in [0.15, 0.2) is 0 Å². The van der Waals surface area contributed by atoms with E-state index in [9.17, 15) is 0 Å². The first-order valence-electron chi connectivity index (χ1n) is 3.92. The number of nitrogens with two attached hydrogens (primary N) is 1. The van der Waals surface area contributed by atoms with E-state index in [-0.39, 0.29) is 12.4 Å². The van der Waals surface area contributed by atoms with Crippen LogP contribution in [0.25, 0.3) is 0 Å². The van der Waals surface area contributed by atoms with Gasteiger partial charge in [-0.25, -0.2) is 0 Å². The molecule has 0 aliphatic heterocycles. The van der Waals surface area contributed by atoms with Gasteiger partial charge in [0, 0.05) is 0 Å². The van der Waals surface area contributed by atoms with Crippen molar-refractivity contribution in [1.82, 2.24) is 0 Å². The molecule has 0 aliphatic rings. The van der Waals surface area contributed by atoms with E-state index in [1.54, 1.807) is 0 Å². The molecule has 0 radical (unpaired) electrons. The van der Waals surface area contributed by atoms with Crippen molar-refractivity contribution in [2.45, 2.75) is 13.1 Å². The standard InChI is InChI=1S/C9H15NSi.ClH/c1-11(2,8-10)9-6-4-3-5-7-9;/h3-7H,8,10H2,1-2H3;1H. The van der Waals surface area contributed by atoms with Crippen LogP contribution < -0.4 is 10.9 Å². The third kappa shape index (κ3) is 2.63. The van der Waals surface area contributed by atoms with Gasteiger partial charge < -0.3 is 5.73 Å². The molecule has 0 unspecified atom stereocenters. The van der Waals surface area contributed by atoms with E-state index in [0.717, 1.165) is 6.17 Å². The molecule has 0 heterocycles. The summed E-state index contributed by atoms with van der Waals surface area (Å²) in [7, 11) is -1.28. The van der Waals surface area contributed by atoms with Gasteiger partial charge in [-0.3, -0.25) is 0 Å². The predicted molar refractivity (Wildman–Crippen MR) is 59.9 cm³/mol. The van der Waals surface area contributed by atoms with E-state index >= 15 is 0 Å². The van der Waals surface area contributed by atoms with Crippen LogP contribution in [0, 0.1) is 0 Å². The van der Waals surface area contributed by atoms with E-state index in [1.807, 2.05) is 6.07 Å². The zero-order chi connectivity index (χ0) is 8.32. The minimum atomic E-state index is -1.28. The van der Waals surface area contributed by atoms with Crippen LogP contribution in [0.3, 0.4) is 0 Å². The molecular formula is C9H16ClNSi. The van der Waals surface area contributed by atoms with Crippen LogP contribution in [-0.4, -0.2) is 14.2 Å². The van der Waals surface area contributed by atoms with E-state index < -0.39 is 8.07 Å². The summed E-state index contributed by atoms with van der Waals surface area (Å²) in [4.78, 5) is 0. The molecule has 2 N–H and O–H groups in total. The molecule has 3 heteroatoms. The molecule has 1 nitrogen and oxygen atoms in total. The number of hydrogen-bond donors (Lipinski definition) is 1. The Hall–Kier alpha value is -0.313. The molecule has 1 aromatic carbocycles. The van der Waals surface area contributed by atoms with Crippen LogP contribution in [0.5, 0.6) is 0 Å².